The van der Waals surface area contributed by atoms with Gasteiger partial charge in [0, 0.05) is 18.7 Å². The number of fused-ring (bicyclic) bond motifs is 1. The molecule has 25 heavy (non-hydrogen) atoms. The minimum atomic E-state index is -0.518. The molecule has 1 aliphatic heterocycles. The van der Waals surface area contributed by atoms with Crippen LogP contribution >= 0.6 is 0 Å². The molecule has 1 aliphatic rings. The first kappa shape index (κ1) is 17.0. The fourth-order valence-electron chi connectivity index (χ4n) is 2.98. The molecule has 0 bridgehead atoms. The Bertz CT molecular complexity index is 827. The van der Waals surface area contributed by atoms with E-state index in [0.717, 1.165) is 5.56 Å². The van der Waals surface area contributed by atoms with Crippen molar-refractivity contribution >= 4 is 11.9 Å². The number of aromatic nitrogens is 3. The summed E-state index contributed by atoms with van der Waals surface area (Å²) in [4.78, 5) is 16.6. The van der Waals surface area contributed by atoms with Crippen molar-refractivity contribution in [3.63, 3.8) is 0 Å². The summed E-state index contributed by atoms with van der Waals surface area (Å²) < 4.78 is 6.95. The molecule has 1 amide bonds. The summed E-state index contributed by atoms with van der Waals surface area (Å²) in [5.41, 5.74) is 7.54. The monoisotopic (exact) mass is 343 g/mol. The molecule has 8 nitrogen and oxygen atoms in total. The highest BCUT2D eigenvalue weighted by atomic mass is 16.5. The number of ether oxygens (including phenoxy) is 1. The average molecular weight is 343 g/mol. The molecule has 132 valence electrons. The van der Waals surface area contributed by atoms with Crippen molar-refractivity contribution in [2.24, 2.45) is 5.73 Å². The number of carbonyl (C=O) groups excluding carboxylic acids is 1. The second-order valence-electron chi connectivity index (χ2n) is 5.83. The van der Waals surface area contributed by atoms with Gasteiger partial charge in [0.05, 0.1) is 12.7 Å². The molecule has 0 fully saturated rings. The van der Waals surface area contributed by atoms with E-state index < -0.39 is 11.9 Å². The van der Waals surface area contributed by atoms with Crippen LogP contribution in [-0.4, -0.2) is 39.5 Å². The van der Waals surface area contributed by atoms with Crippen LogP contribution in [0.3, 0.4) is 0 Å². The van der Waals surface area contributed by atoms with Crippen LogP contribution < -0.4 is 15.8 Å². The van der Waals surface area contributed by atoms with E-state index in [0.29, 0.717) is 41.6 Å². The van der Waals surface area contributed by atoms with E-state index in [4.69, 9.17) is 15.6 Å². The van der Waals surface area contributed by atoms with E-state index >= 15 is 0 Å². The van der Waals surface area contributed by atoms with Gasteiger partial charge in [-0.2, -0.15) is 10.1 Å². The zero-order valence-electron chi connectivity index (χ0n) is 14.2. The maximum Gasteiger partial charge on any atom is 0.248 e. The van der Waals surface area contributed by atoms with Gasteiger partial charge in [-0.15, -0.1) is 0 Å². The molecule has 2 aromatic rings. The highest BCUT2D eigenvalue weighted by Gasteiger charge is 2.33. The second kappa shape index (κ2) is 6.94. The molecule has 0 saturated carbocycles. The highest BCUT2D eigenvalue weighted by Crippen LogP contribution is 2.35. The van der Waals surface area contributed by atoms with Crippen molar-refractivity contribution in [2.45, 2.75) is 25.8 Å². The zero-order chi connectivity index (χ0) is 18.0. The van der Waals surface area contributed by atoms with Gasteiger partial charge in [-0.25, -0.2) is 4.68 Å². The van der Waals surface area contributed by atoms with Gasteiger partial charge in [-0.3, -0.25) is 4.79 Å². The van der Waals surface area contributed by atoms with E-state index in [1.165, 1.54) is 0 Å². The third-order valence-electron chi connectivity index (χ3n) is 4.13. The predicted octanol–water partition coefficient (Wildman–Crippen LogP) is 0.986. The van der Waals surface area contributed by atoms with Crippen LogP contribution in [0.5, 0.6) is 5.75 Å². The molecule has 2 heterocycles. The van der Waals surface area contributed by atoms with Crippen LogP contribution in [0.2, 0.25) is 0 Å². The van der Waals surface area contributed by atoms with Crippen LogP contribution in [0.25, 0.3) is 0 Å². The number of aryl methyl sites for hydroxylation is 1. The first-order chi connectivity index (χ1) is 12.0. The standard InChI is InChI=1S/C17H21N5O3/c1-10-14(16(18)24)15(11-5-3-6-12(9-11)25-2)22-17(19-10)20-13(21-22)7-4-8-23/h3,5-6,9,15,23H,4,7-8H2,1-2H3,(H2,18,24)(H,19,20,21). The minimum Gasteiger partial charge on any atom is -0.497 e. The maximum absolute atomic E-state index is 12.1. The van der Waals surface area contributed by atoms with Crippen molar-refractivity contribution in [1.29, 1.82) is 0 Å². The van der Waals surface area contributed by atoms with Crippen LogP contribution in [-0.2, 0) is 11.2 Å². The lowest BCUT2D eigenvalue weighted by Gasteiger charge is -2.27. The van der Waals surface area contributed by atoms with E-state index in [-0.39, 0.29) is 6.61 Å². The number of hydrogen-bond acceptors (Lipinski definition) is 6. The molecule has 0 radical (unpaired) electrons. The Balaban J connectivity index is 2.11. The number of rotatable bonds is 6. The van der Waals surface area contributed by atoms with Crippen molar-refractivity contribution in [3.05, 3.63) is 46.9 Å². The number of aliphatic hydroxyl groups excluding tert-OH is 1. The average Bonchev–Trinajstić information content (AvgIpc) is 3.00. The molecular formula is C17H21N5O3. The number of primary amides is 1. The Morgan fingerprint density at radius 2 is 2.28 bits per heavy atom. The van der Waals surface area contributed by atoms with Crippen LogP contribution in [0.4, 0.5) is 5.95 Å². The van der Waals surface area contributed by atoms with E-state index in [1.54, 1.807) is 18.7 Å². The number of nitrogens with one attached hydrogen (secondary N) is 1. The summed E-state index contributed by atoms with van der Waals surface area (Å²) in [5, 5.41) is 16.6. The quantitative estimate of drug-likeness (QED) is 0.720. The number of anilines is 1. The summed E-state index contributed by atoms with van der Waals surface area (Å²) in [7, 11) is 1.59. The largest absolute Gasteiger partial charge is 0.497 e. The predicted molar refractivity (Wildman–Crippen MR) is 92.1 cm³/mol. The Hall–Kier alpha value is -2.87. The molecule has 0 saturated heterocycles. The summed E-state index contributed by atoms with van der Waals surface area (Å²) in [6.07, 6.45) is 1.12. The maximum atomic E-state index is 12.1. The number of hydrogen-bond donors (Lipinski definition) is 3. The Kier molecular flexibility index (Phi) is 4.71. The number of amides is 1. The molecule has 4 N–H and O–H groups in total. The van der Waals surface area contributed by atoms with Crippen molar-refractivity contribution in [3.8, 4) is 5.75 Å². The van der Waals surface area contributed by atoms with Gasteiger partial charge < -0.3 is 20.9 Å². The van der Waals surface area contributed by atoms with Gasteiger partial charge >= 0.3 is 0 Å². The fourth-order valence-corrected chi connectivity index (χ4v) is 2.98. The SMILES string of the molecule is COc1cccc(C2C(C(N)=O)=C(C)Nc3nc(CCCO)nn32)c1. The Morgan fingerprint density at radius 1 is 1.48 bits per heavy atom. The molecule has 1 unspecified atom stereocenters. The van der Waals surface area contributed by atoms with Gasteiger partial charge in [0.2, 0.25) is 11.9 Å². The van der Waals surface area contributed by atoms with Crippen LogP contribution in [0.15, 0.2) is 35.5 Å². The van der Waals surface area contributed by atoms with Gasteiger partial charge in [-0.05, 0) is 31.0 Å². The number of benzene rings is 1. The number of nitrogens with zero attached hydrogens (tertiary/aromatic N) is 3. The Labute approximate surface area is 145 Å². The summed E-state index contributed by atoms with van der Waals surface area (Å²) >= 11 is 0. The second-order valence-corrected chi connectivity index (χ2v) is 5.83. The number of nitrogens with two attached hydrogens (primary N) is 1. The molecule has 3 rings (SSSR count). The first-order valence-corrected chi connectivity index (χ1v) is 8.03. The van der Waals surface area contributed by atoms with Gasteiger partial charge in [-0.1, -0.05) is 12.1 Å². The van der Waals surface area contributed by atoms with Gasteiger partial charge in [0.15, 0.2) is 5.82 Å². The number of methoxy groups -OCH3 is 1. The number of carbonyl (C=O) groups is 1. The molecule has 0 spiro atoms. The number of allylic oxidation sites excluding steroid dienone is 1. The van der Waals surface area contributed by atoms with Gasteiger partial charge in [0.25, 0.3) is 0 Å². The van der Waals surface area contributed by atoms with Crippen molar-refractivity contribution in [1.82, 2.24) is 14.8 Å². The van der Waals surface area contributed by atoms with Crippen LogP contribution in [0, 0.1) is 0 Å². The summed E-state index contributed by atoms with van der Waals surface area (Å²) in [5.74, 6) is 1.31. The van der Waals surface area contributed by atoms with Crippen molar-refractivity contribution < 1.29 is 14.6 Å². The summed E-state index contributed by atoms with van der Waals surface area (Å²) in [6.45, 7) is 1.86. The molecule has 8 heteroatoms. The molecule has 1 atom stereocenters. The lowest BCUT2D eigenvalue weighted by atomic mass is 9.95. The van der Waals surface area contributed by atoms with Crippen molar-refractivity contribution in [2.75, 3.05) is 19.0 Å². The van der Waals surface area contributed by atoms with E-state index in [2.05, 4.69) is 15.4 Å². The Morgan fingerprint density at radius 3 is 2.96 bits per heavy atom. The highest BCUT2D eigenvalue weighted by molar-refractivity contribution is 5.95. The zero-order valence-corrected chi connectivity index (χ0v) is 14.2. The van der Waals surface area contributed by atoms with Crippen LogP contribution in [0.1, 0.15) is 30.8 Å². The normalized spacial score (nSPS) is 16.4. The summed E-state index contributed by atoms with van der Waals surface area (Å²) in [6, 6.07) is 6.95. The molecule has 0 aliphatic carbocycles. The molecular weight excluding hydrogens is 322 g/mol. The topological polar surface area (TPSA) is 115 Å². The third-order valence-corrected chi connectivity index (χ3v) is 4.13. The number of aliphatic hydroxyl groups is 1. The third kappa shape index (κ3) is 3.20. The van der Waals surface area contributed by atoms with E-state index in [1.807, 2.05) is 24.3 Å². The smallest absolute Gasteiger partial charge is 0.248 e. The lowest BCUT2D eigenvalue weighted by molar-refractivity contribution is -0.115. The van der Waals surface area contributed by atoms with Gasteiger partial charge in [0.1, 0.15) is 11.8 Å². The molecule has 1 aromatic heterocycles. The first-order valence-electron chi connectivity index (χ1n) is 8.03. The minimum absolute atomic E-state index is 0.0699. The lowest BCUT2D eigenvalue weighted by Crippen LogP contribution is -2.31. The fraction of sp³-hybridized carbons (Fsp3) is 0.353. The molecule has 1 aromatic carbocycles. The van der Waals surface area contributed by atoms with E-state index in [9.17, 15) is 4.79 Å².